The summed E-state index contributed by atoms with van der Waals surface area (Å²) < 4.78 is 0. The molecule has 3 N–H and O–H groups in total. The first-order valence-electron chi connectivity index (χ1n) is 3.05. The average Bonchev–Trinajstić information content (AvgIpc) is 2.01. The fourth-order valence-electron chi connectivity index (χ4n) is 0.368. The van der Waals surface area contributed by atoms with E-state index >= 15 is 0 Å². The quantitative estimate of drug-likeness (QED) is 0.244. The molecule has 0 saturated carbocycles. The number of carbonyl (C=O) groups is 1. The second kappa shape index (κ2) is 14.6. The first kappa shape index (κ1) is 18.8. The van der Waals surface area contributed by atoms with Crippen LogP contribution >= 0.6 is 11.8 Å². The van der Waals surface area contributed by atoms with E-state index < -0.39 is 12.0 Å². The number of carboxylic acid groups (broad SMARTS) is 1. The standard InChI is InChI=1S/C5H11NO2S.N3.Na/c1-9-3-2-4(6)5(7)8;1-3-2;/h4H,2-3,6H2,1H3,(H,7,8);;/q;-1;+1. The molecule has 6 nitrogen and oxygen atoms in total. The van der Waals surface area contributed by atoms with Gasteiger partial charge in [-0.05, 0) is 18.4 Å². The maximum absolute atomic E-state index is 10.1. The average molecular weight is 214 g/mol. The van der Waals surface area contributed by atoms with Gasteiger partial charge in [-0.25, -0.2) is 0 Å². The molecule has 0 aromatic rings. The summed E-state index contributed by atoms with van der Waals surface area (Å²) in [7, 11) is 0. The van der Waals surface area contributed by atoms with Crippen LogP contribution in [0.15, 0.2) is 0 Å². The molecule has 1 unspecified atom stereocenters. The number of hydrogen-bond donors (Lipinski definition) is 2. The third-order valence-corrected chi connectivity index (χ3v) is 1.59. The zero-order chi connectivity index (χ0) is 9.98. The Labute approximate surface area is 103 Å². The minimum atomic E-state index is -0.913. The van der Waals surface area contributed by atoms with E-state index in [1.54, 1.807) is 11.8 Å². The Morgan fingerprint density at radius 3 is 2.31 bits per heavy atom. The van der Waals surface area contributed by atoms with Gasteiger partial charge in [0.1, 0.15) is 6.04 Å². The van der Waals surface area contributed by atoms with Crippen molar-refractivity contribution in [1.29, 1.82) is 0 Å². The fraction of sp³-hybridized carbons (Fsp3) is 0.800. The minimum Gasteiger partial charge on any atom is -0.480 e. The van der Waals surface area contributed by atoms with Crippen LogP contribution in [-0.2, 0) is 4.79 Å². The van der Waals surface area contributed by atoms with Crippen molar-refractivity contribution in [2.75, 3.05) is 12.0 Å². The molecule has 0 aliphatic heterocycles. The summed E-state index contributed by atoms with van der Waals surface area (Å²) in [5.41, 5.74) is 18.7. The van der Waals surface area contributed by atoms with E-state index in [1.807, 2.05) is 6.26 Å². The predicted molar refractivity (Wildman–Crippen MR) is 48.7 cm³/mol. The van der Waals surface area contributed by atoms with Crippen molar-refractivity contribution in [3.63, 3.8) is 0 Å². The Morgan fingerprint density at radius 2 is 2.08 bits per heavy atom. The van der Waals surface area contributed by atoms with Crippen LogP contribution in [0.3, 0.4) is 0 Å². The first-order valence-corrected chi connectivity index (χ1v) is 4.45. The Morgan fingerprint density at radius 1 is 1.69 bits per heavy atom. The van der Waals surface area contributed by atoms with E-state index in [-0.39, 0.29) is 29.6 Å². The predicted octanol–water partition coefficient (Wildman–Crippen LogP) is -1.98. The third-order valence-electron chi connectivity index (χ3n) is 0.950. The maximum Gasteiger partial charge on any atom is 1.00 e. The molecule has 0 radical (unpaired) electrons. The van der Waals surface area contributed by atoms with Crippen LogP contribution in [0.4, 0.5) is 0 Å². The van der Waals surface area contributed by atoms with Gasteiger partial charge in [-0.1, -0.05) is 0 Å². The molecule has 13 heavy (non-hydrogen) atoms. The largest absolute Gasteiger partial charge is 1.00 e. The Bertz CT molecular complexity index is 163. The summed E-state index contributed by atoms with van der Waals surface area (Å²) in [6.07, 6.45) is 2.48. The summed E-state index contributed by atoms with van der Waals surface area (Å²) >= 11 is 1.60. The van der Waals surface area contributed by atoms with E-state index in [4.69, 9.17) is 21.9 Å². The molecule has 0 aliphatic rings. The van der Waals surface area contributed by atoms with Crippen LogP contribution < -0.4 is 35.3 Å². The molecule has 0 saturated heterocycles. The van der Waals surface area contributed by atoms with E-state index in [1.165, 1.54) is 4.91 Å². The fourth-order valence-corrected chi connectivity index (χ4v) is 0.858. The monoisotopic (exact) mass is 214 g/mol. The van der Waals surface area contributed by atoms with Gasteiger partial charge in [0.25, 0.3) is 0 Å². The van der Waals surface area contributed by atoms with Gasteiger partial charge in [-0.15, -0.1) is 0 Å². The third kappa shape index (κ3) is 18.8. The molecule has 0 fully saturated rings. The van der Waals surface area contributed by atoms with Gasteiger partial charge < -0.3 is 21.9 Å². The summed E-state index contributed by atoms with van der Waals surface area (Å²) in [5.74, 6) is -0.1000. The minimum absolute atomic E-state index is 0. The Kier molecular flexibility index (Phi) is 21.1. The molecule has 0 aromatic heterocycles. The molecule has 0 bridgehead atoms. The van der Waals surface area contributed by atoms with Crippen LogP contribution in [0.25, 0.3) is 16.0 Å². The Balaban J connectivity index is -0.000000220. The zero-order valence-electron chi connectivity index (χ0n) is 7.67. The summed E-state index contributed by atoms with van der Waals surface area (Å²) in [6, 6.07) is -0.683. The van der Waals surface area contributed by atoms with E-state index in [0.29, 0.717) is 6.42 Å². The van der Waals surface area contributed by atoms with Crippen LogP contribution in [-0.4, -0.2) is 29.1 Å². The van der Waals surface area contributed by atoms with Gasteiger partial charge in [-0.3, -0.25) is 9.71 Å². The number of hydrogen-bond acceptors (Lipinski definition) is 3. The summed E-state index contributed by atoms with van der Waals surface area (Å²) in [6.45, 7) is 0. The molecule has 70 valence electrons. The number of aliphatic carboxylic acids is 1. The van der Waals surface area contributed by atoms with E-state index in [2.05, 4.69) is 0 Å². The van der Waals surface area contributed by atoms with Crippen molar-refractivity contribution in [3.8, 4) is 0 Å². The molecule has 0 spiro atoms. The van der Waals surface area contributed by atoms with E-state index in [9.17, 15) is 4.79 Å². The molecule has 0 aromatic carbocycles. The maximum atomic E-state index is 10.1. The topological polar surface area (TPSA) is 122 Å². The van der Waals surface area contributed by atoms with Gasteiger partial charge in [0, 0.05) is 0 Å². The van der Waals surface area contributed by atoms with Gasteiger partial charge in [0.15, 0.2) is 0 Å². The molecular weight excluding hydrogens is 203 g/mol. The van der Waals surface area contributed by atoms with Crippen LogP contribution in [0.5, 0.6) is 0 Å². The molecular formula is C5H11N4NaO2S. The number of rotatable bonds is 4. The molecule has 0 aliphatic carbocycles. The SMILES string of the molecule is CSCCC(N)C(=O)O.[N-]=[N+]=[N-].[Na+]. The second-order valence-electron chi connectivity index (χ2n) is 1.82. The molecule has 1 atom stereocenters. The molecule has 0 amide bonds. The zero-order valence-corrected chi connectivity index (χ0v) is 10.5. The second-order valence-corrected chi connectivity index (χ2v) is 2.80. The van der Waals surface area contributed by atoms with E-state index in [0.717, 1.165) is 5.75 Å². The van der Waals surface area contributed by atoms with Gasteiger partial charge in [0.2, 0.25) is 0 Å². The van der Waals surface area contributed by atoms with Crippen molar-refractivity contribution in [2.24, 2.45) is 5.73 Å². The number of carboxylic acids is 1. The van der Waals surface area contributed by atoms with Crippen molar-refractivity contribution < 1.29 is 39.5 Å². The first-order chi connectivity index (χ1) is 5.59. The Hall–Kier alpha value is 0.0900. The normalized spacial score (nSPS) is 9.69. The summed E-state index contributed by atoms with van der Waals surface area (Å²) in [5, 5.41) is 8.27. The van der Waals surface area contributed by atoms with Crippen molar-refractivity contribution >= 4 is 17.7 Å². The number of nitrogens with two attached hydrogens (primary N) is 1. The van der Waals surface area contributed by atoms with Crippen LogP contribution in [0.1, 0.15) is 6.42 Å². The number of thioether (sulfide) groups is 1. The van der Waals surface area contributed by atoms with Gasteiger partial charge >= 0.3 is 35.5 Å². The van der Waals surface area contributed by atoms with Gasteiger partial charge in [0.05, 0.1) is 0 Å². The number of nitrogens with zero attached hydrogens (tertiary/aromatic N) is 3. The van der Waals surface area contributed by atoms with Crippen molar-refractivity contribution in [1.82, 2.24) is 0 Å². The summed E-state index contributed by atoms with van der Waals surface area (Å²) in [4.78, 5) is 11.6. The van der Waals surface area contributed by atoms with Crippen molar-refractivity contribution in [3.05, 3.63) is 16.0 Å². The van der Waals surface area contributed by atoms with Crippen LogP contribution in [0.2, 0.25) is 0 Å². The smallest absolute Gasteiger partial charge is 0.480 e. The molecule has 0 rings (SSSR count). The van der Waals surface area contributed by atoms with Crippen LogP contribution in [0, 0.1) is 0 Å². The van der Waals surface area contributed by atoms with Crippen molar-refractivity contribution in [2.45, 2.75) is 12.5 Å². The van der Waals surface area contributed by atoms with Gasteiger partial charge in [-0.2, -0.15) is 11.8 Å². The molecule has 0 heterocycles. The molecule has 8 heteroatoms.